The molecule has 2 rings (SSSR count). The predicted molar refractivity (Wildman–Crippen MR) is 52.1 cm³/mol. The molecule has 0 unspecified atom stereocenters. The lowest BCUT2D eigenvalue weighted by atomic mass is 10.4. The van der Waals surface area contributed by atoms with E-state index in [4.69, 9.17) is 4.74 Å². The van der Waals surface area contributed by atoms with Crippen LogP contribution >= 0.6 is 0 Å². The van der Waals surface area contributed by atoms with Crippen LogP contribution in [0.1, 0.15) is 12.8 Å². The van der Waals surface area contributed by atoms with Crippen LogP contribution in [0.2, 0.25) is 0 Å². The molecule has 0 aliphatic carbocycles. The van der Waals surface area contributed by atoms with Crippen LogP contribution in [-0.2, 0) is 14.9 Å². The lowest BCUT2D eigenvalue weighted by Crippen LogP contribution is -2.47. The lowest BCUT2D eigenvalue weighted by molar-refractivity contribution is 0.0706. The minimum atomic E-state index is -3.18. The van der Waals surface area contributed by atoms with Crippen molar-refractivity contribution in [3.8, 4) is 0 Å². The van der Waals surface area contributed by atoms with E-state index in [1.54, 1.807) is 4.31 Å². The normalized spacial score (nSPS) is 26.9. The van der Waals surface area contributed by atoms with E-state index in [1.165, 1.54) is 4.31 Å². The molecule has 14 heavy (non-hydrogen) atoms. The Morgan fingerprint density at radius 3 is 1.93 bits per heavy atom. The molecule has 0 bridgehead atoms. The maximum atomic E-state index is 12.0. The van der Waals surface area contributed by atoms with Crippen molar-refractivity contribution in [2.45, 2.75) is 12.8 Å². The van der Waals surface area contributed by atoms with Crippen molar-refractivity contribution in [2.24, 2.45) is 0 Å². The zero-order valence-corrected chi connectivity index (χ0v) is 9.00. The van der Waals surface area contributed by atoms with Gasteiger partial charge < -0.3 is 4.74 Å². The molecule has 0 saturated carbocycles. The smallest absolute Gasteiger partial charge is 0.282 e. The molecule has 2 saturated heterocycles. The maximum Gasteiger partial charge on any atom is 0.282 e. The van der Waals surface area contributed by atoms with Crippen molar-refractivity contribution >= 4 is 10.2 Å². The molecule has 2 aliphatic rings. The quantitative estimate of drug-likeness (QED) is 0.639. The highest BCUT2D eigenvalue weighted by Gasteiger charge is 2.32. The molecule has 2 fully saturated rings. The SMILES string of the molecule is O=S(=O)(N1CCCC1)N1CCOCC1. The van der Waals surface area contributed by atoms with E-state index in [0.29, 0.717) is 39.4 Å². The van der Waals surface area contributed by atoms with Gasteiger partial charge in [0, 0.05) is 26.2 Å². The van der Waals surface area contributed by atoms with Gasteiger partial charge in [-0.2, -0.15) is 17.0 Å². The molecule has 2 heterocycles. The van der Waals surface area contributed by atoms with Gasteiger partial charge in [0.25, 0.3) is 10.2 Å². The zero-order valence-electron chi connectivity index (χ0n) is 8.18. The zero-order chi connectivity index (χ0) is 10.0. The van der Waals surface area contributed by atoms with Crippen LogP contribution in [-0.4, -0.2) is 56.4 Å². The summed E-state index contributed by atoms with van der Waals surface area (Å²) < 4.78 is 32.2. The van der Waals surface area contributed by atoms with Gasteiger partial charge in [-0.25, -0.2) is 0 Å². The van der Waals surface area contributed by atoms with E-state index in [9.17, 15) is 8.42 Å². The first-order valence-corrected chi connectivity index (χ1v) is 6.44. The molecule has 0 aromatic rings. The third kappa shape index (κ3) is 1.93. The van der Waals surface area contributed by atoms with Crippen molar-refractivity contribution in [3.05, 3.63) is 0 Å². The third-order valence-electron chi connectivity index (χ3n) is 2.69. The monoisotopic (exact) mass is 220 g/mol. The number of rotatable bonds is 2. The number of morpholine rings is 1. The Labute approximate surface area is 84.8 Å². The average Bonchev–Trinajstić information content (AvgIpc) is 2.72. The highest BCUT2D eigenvalue weighted by atomic mass is 32.2. The standard InChI is InChI=1S/C8H16N2O3S/c11-14(12,9-3-1-2-4-9)10-5-7-13-8-6-10/h1-8H2. The van der Waals surface area contributed by atoms with Crippen LogP contribution in [0, 0.1) is 0 Å². The van der Waals surface area contributed by atoms with Crippen molar-refractivity contribution in [3.63, 3.8) is 0 Å². The summed E-state index contributed by atoms with van der Waals surface area (Å²) >= 11 is 0. The van der Waals surface area contributed by atoms with Crippen molar-refractivity contribution < 1.29 is 13.2 Å². The van der Waals surface area contributed by atoms with Gasteiger partial charge in [-0.05, 0) is 12.8 Å². The number of hydrogen-bond donors (Lipinski definition) is 0. The summed E-state index contributed by atoms with van der Waals surface area (Å²) in [6, 6.07) is 0. The minimum absolute atomic E-state index is 0.499. The van der Waals surface area contributed by atoms with Gasteiger partial charge in [-0.1, -0.05) is 0 Å². The van der Waals surface area contributed by atoms with Crippen molar-refractivity contribution in [1.29, 1.82) is 0 Å². The highest BCUT2D eigenvalue weighted by Crippen LogP contribution is 2.17. The Balaban J connectivity index is 2.05. The Morgan fingerprint density at radius 1 is 0.857 bits per heavy atom. The summed E-state index contributed by atoms with van der Waals surface area (Å²) in [5.41, 5.74) is 0. The summed E-state index contributed by atoms with van der Waals surface area (Å²) in [6.45, 7) is 3.40. The Kier molecular flexibility index (Phi) is 3.06. The van der Waals surface area contributed by atoms with Gasteiger partial charge in [0.05, 0.1) is 13.2 Å². The molecular weight excluding hydrogens is 204 g/mol. The molecule has 0 radical (unpaired) electrons. The fraction of sp³-hybridized carbons (Fsp3) is 1.00. The third-order valence-corrected chi connectivity index (χ3v) is 4.72. The summed E-state index contributed by atoms with van der Waals surface area (Å²) in [7, 11) is -3.18. The van der Waals surface area contributed by atoms with Crippen LogP contribution < -0.4 is 0 Å². The first-order valence-electron chi connectivity index (χ1n) is 5.04. The molecule has 2 aliphatic heterocycles. The fourth-order valence-electron chi connectivity index (χ4n) is 1.86. The molecule has 5 nitrogen and oxygen atoms in total. The number of nitrogens with zero attached hydrogens (tertiary/aromatic N) is 2. The molecule has 6 heteroatoms. The highest BCUT2D eigenvalue weighted by molar-refractivity contribution is 7.86. The number of ether oxygens (including phenoxy) is 1. The Morgan fingerprint density at radius 2 is 1.36 bits per heavy atom. The minimum Gasteiger partial charge on any atom is -0.379 e. The topological polar surface area (TPSA) is 49.9 Å². The van der Waals surface area contributed by atoms with Crippen LogP contribution in [0.5, 0.6) is 0 Å². The first kappa shape index (κ1) is 10.4. The fourth-order valence-corrected chi connectivity index (χ4v) is 3.52. The largest absolute Gasteiger partial charge is 0.379 e. The van der Waals surface area contributed by atoms with Crippen LogP contribution in [0.25, 0.3) is 0 Å². The van der Waals surface area contributed by atoms with Crippen molar-refractivity contribution in [2.75, 3.05) is 39.4 Å². The van der Waals surface area contributed by atoms with Gasteiger partial charge in [-0.15, -0.1) is 0 Å². The summed E-state index contributed by atoms with van der Waals surface area (Å²) in [5, 5.41) is 0. The van der Waals surface area contributed by atoms with E-state index < -0.39 is 10.2 Å². The molecule has 82 valence electrons. The van der Waals surface area contributed by atoms with Gasteiger partial charge in [-0.3, -0.25) is 0 Å². The van der Waals surface area contributed by atoms with Gasteiger partial charge >= 0.3 is 0 Å². The van der Waals surface area contributed by atoms with Crippen LogP contribution in [0.3, 0.4) is 0 Å². The van der Waals surface area contributed by atoms with E-state index in [1.807, 2.05) is 0 Å². The van der Waals surface area contributed by atoms with E-state index in [2.05, 4.69) is 0 Å². The average molecular weight is 220 g/mol. The molecule has 0 N–H and O–H groups in total. The van der Waals surface area contributed by atoms with Gasteiger partial charge in [0.15, 0.2) is 0 Å². The molecule has 0 aromatic heterocycles. The number of hydrogen-bond acceptors (Lipinski definition) is 3. The Hall–Kier alpha value is -0.170. The van der Waals surface area contributed by atoms with Crippen molar-refractivity contribution in [1.82, 2.24) is 8.61 Å². The van der Waals surface area contributed by atoms with Crippen LogP contribution in [0.15, 0.2) is 0 Å². The maximum absolute atomic E-state index is 12.0. The predicted octanol–water partition coefficient (Wildman–Crippen LogP) is -0.341. The van der Waals surface area contributed by atoms with E-state index in [0.717, 1.165) is 12.8 Å². The van der Waals surface area contributed by atoms with Gasteiger partial charge in [0.2, 0.25) is 0 Å². The second-order valence-electron chi connectivity index (χ2n) is 3.63. The van der Waals surface area contributed by atoms with E-state index >= 15 is 0 Å². The second-order valence-corrected chi connectivity index (χ2v) is 5.55. The molecular formula is C8H16N2O3S. The second kappa shape index (κ2) is 4.14. The lowest BCUT2D eigenvalue weighted by Gasteiger charge is -2.29. The molecule has 0 aromatic carbocycles. The molecule has 0 spiro atoms. The summed E-state index contributed by atoms with van der Waals surface area (Å²) in [6.07, 6.45) is 1.98. The van der Waals surface area contributed by atoms with Gasteiger partial charge in [0.1, 0.15) is 0 Å². The summed E-state index contributed by atoms with van der Waals surface area (Å²) in [5.74, 6) is 0. The Bertz CT molecular complexity index is 279. The molecule has 0 atom stereocenters. The molecule has 0 amide bonds. The summed E-state index contributed by atoms with van der Waals surface area (Å²) in [4.78, 5) is 0. The van der Waals surface area contributed by atoms with Crippen LogP contribution in [0.4, 0.5) is 0 Å². The first-order chi connectivity index (χ1) is 6.71. The van der Waals surface area contributed by atoms with E-state index in [-0.39, 0.29) is 0 Å².